The third-order valence-corrected chi connectivity index (χ3v) is 3.18. The van der Waals surface area contributed by atoms with Crippen LogP contribution in [0.3, 0.4) is 0 Å². The van der Waals surface area contributed by atoms with Crippen LogP contribution in [0.2, 0.25) is 0 Å². The molecule has 0 fully saturated rings. The van der Waals surface area contributed by atoms with Crippen LogP contribution >= 0.6 is 0 Å². The molecule has 0 aliphatic heterocycles. The summed E-state index contributed by atoms with van der Waals surface area (Å²) in [4.78, 5) is 9.49. The van der Waals surface area contributed by atoms with E-state index in [1.165, 1.54) is 0 Å². The number of hydrogen-bond donors (Lipinski definition) is 1. The van der Waals surface area contributed by atoms with Crippen molar-refractivity contribution in [1.82, 2.24) is 4.98 Å². The molecule has 1 aromatic rings. The van der Waals surface area contributed by atoms with E-state index in [4.69, 9.17) is 14.7 Å². The highest BCUT2D eigenvalue weighted by Crippen LogP contribution is 2.15. The topological polar surface area (TPSA) is 63.9 Å². The monoisotopic (exact) mass is 314 g/mol. The second-order valence-corrected chi connectivity index (χ2v) is 5.09. The number of nitrogens with zero attached hydrogens (tertiary/aromatic N) is 2. The van der Waals surface area contributed by atoms with Crippen LogP contribution in [-0.2, 0) is 9.57 Å². The lowest BCUT2D eigenvalue weighted by Gasteiger charge is -2.09. The summed E-state index contributed by atoms with van der Waals surface area (Å²) in [5, 5.41) is 12.7. The summed E-state index contributed by atoms with van der Waals surface area (Å²) in [7, 11) is 0. The van der Waals surface area contributed by atoms with Gasteiger partial charge >= 0.3 is 0 Å². The van der Waals surface area contributed by atoms with Crippen molar-refractivity contribution in [1.29, 1.82) is 0 Å². The van der Waals surface area contributed by atoms with Crippen LogP contribution in [0.25, 0.3) is 0 Å². The highest BCUT2D eigenvalue weighted by Gasteiger charge is 2.07. The third-order valence-electron chi connectivity index (χ3n) is 3.18. The molecule has 0 atom stereocenters. The van der Waals surface area contributed by atoms with E-state index < -0.39 is 0 Å². The predicted octanol–water partition coefficient (Wildman–Crippen LogP) is 2.32. The first-order chi connectivity index (χ1) is 11.4. The summed E-state index contributed by atoms with van der Waals surface area (Å²) < 4.78 is 5.15. The molecule has 5 nitrogen and oxygen atoms in total. The highest BCUT2D eigenvalue weighted by atomic mass is 16.6. The number of aliphatic hydroxyl groups excluding tert-OH is 1. The van der Waals surface area contributed by atoms with Gasteiger partial charge in [0.05, 0.1) is 25.5 Å². The Kier molecular flexibility index (Phi) is 7.89. The SMILES string of the molecule is OCCOCCCO/N=C1/C=C(C#Cc2ccccn2)CCC1. The normalized spacial score (nSPS) is 15.7. The number of pyridine rings is 1. The maximum Gasteiger partial charge on any atom is 0.119 e. The van der Waals surface area contributed by atoms with Gasteiger partial charge in [-0.05, 0) is 43.4 Å². The average molecular weight is 314 g/mol. The number of ether oxygens (including phenoxy) is 1. The summed E-state index contributed by atoms with van der Waals surface area (Å²) >= 11 is 0. The zero-order chi connectivity index (χ0) is 16.2. The fourth-order valence-electron chi connectivity index (χ4n) is 2.08. The number of oxime groups is 1. The Hall–Kier alpha value is -2.16. The minimum absolute atomic E-state index is 0.0519. The van der Waals surface area contributed by atoms with E-state index in [0.717, 1.165) is 42.7 Å². The van der Waals surface area contributed by atoms with Crippen molar-refractivity contribution >= 4 is 5.71 Å². The van der Waals surface area contributed by atoms with Gasteiger partial charge in [-0.3, -0.25) is 0 Å². The molecule has 0 saturated heterocycles. The van der Waals surface area contributed by atoms with Crippen LogP contribution in [0.5, 0.6) is 0 Å². The van der Waals surface area contributed by atoms with Crippen LogP contribution in [0.4, 0.5) is 0 Å². The first-order valence-corrected chi connectivity index (χ1v) is 7.89. The largest absolute Gasteiger partial charge is 0.396 e. The van der Waals surface area contributed by atoms with Gasteiger partial charge in [-0.15, -0.1) is 0 Å². The average Bonchev–Trinajstić information content (AvgIpc) is 2.60. The third kappa shape index (κ3) is 7.09. The summed E-state index contributed by atoms with van der Waals surface area (Å²) in [5.74, 6) is 6.23. The molecule has 122 valence electrons. The molecular weight excluding hydrogens is 292 g/mol. The van der Waals surface area contributed by atoms with Crippen LogP contribution in [0.1, 0.15) is 31.4 Å². The summed E-state index contributed by atoms with van der Waals surface area (Å²) in [5.41, 5.74) is 2.77. The van der Waals surface area contributed by atoms with E-state index in [1.807, 2.05) is 24.3 Å². The van der Waals surface area contributed by atoms with E-state index in [-0.39, 0.29) is 6.61 Å². The van der Waals surface area contributed by atoms with Crippen molar-refractivity contribution in [2.75, 3.05) is 26.4 Å². The van der Waals surface area contributed by atoms with E-state index in [2.05, 4.69) is 22.0 Å². The van der Waals surface area contributed by atoms with E-state index in [9.17, 15) is 0 Å². The van der Waals surface area contributed by atoms with Gasteiger partial charge < -0.3 is 14.7 Å². The molecule has 2 rings (SSSR count). The van der Waals surface area contributed by atoms with Gasteiger partial charge in [-0.2, -0.15) is 0 Å². The van der Waals surface area contributed by atoms with Crippen LogP contribution in [0.15, 0.2) is 41.2 Å². The Bertz CT molecular complexity index is 585. The zero-order valence-corrected chi connectivity index (χ0v) is 13.2. The standard InChI is InChI=1S/C18H22N2O3/c21-11-14-22-12-4-13-23-20-18-7-3-5-16(15-18)8-9-17-6-1-2-10-19-17/h1-2,6,10,15,21H,3-5,7,11-14H2/b20-18+. The Morgan fingerprint density at radius 1 is 1.17 bits per heavy atom. The Labute approximate surface area is 137 Å². The van der Waals surface area contributed by atoms with Crippen molar-refractivity contribution < 1.29 is 14.7 Å². The van der Waals surface area contributed by atoms with E-state index >= 15 is 0 Å². The van der Waals surface area contributed by atoms with Crippen molar-refractivity contribution in [2.24, 2.45) is 5.16 Å². The quantitative estimate of drug-likeness (QED) is 0.476. The molecule has 23 heavy (non-hydrogen) atoms. The van der Waals surface area contributed by atoms with Crippen LogP contribution in [0, 0.1) is 11.8 Å². The van der Waals surface area contributed by atoms with E-state index in [1.54, 1.807) is 6.20 Å². The minimum atomic E-state index is 0.0519. The Morgan fingerprint density at radius 2 is 2.13 bits per heavy atom. The zero-order valence-electron chi connectivity index (χ0n) is 13.2. The lowest BCUT2D eigenvalue weighted by atomic mass is 9.98. The molecular formula is C18H22N2O3. The van der Waals surface area contributed by atoms with Crippen molar-refractivity contribution in [3.05, 3.63) is 41.7 Å². The summed E-state index contributed by atoms with van der Waals surface area (Å²) in [6.45, 7) is 1.51. The predicted molar refractivity (Wildman–Crippen MR) is 89.0 cm³/mol. The van der Waals surface area contributed by atoms with Gasteiger partial charge in [0.25, 0.3) is 0 Å². The molecule has 0 radical (unpaired) electrons. The van der Waals surface area contributed by atoms with Gasteiger partial charge in [-0.1, -0.05) is 17.1 Å². The second-order valence-electron chi connectivity index (χ2n) is 5.09. The smallest absolute Gasteiger partial charge is 0.119 e. The minimum Gasteiger partial charge on any atom is -0.396 e. The first-order valence-electron chi connectivity index (χ1n) is 7.89. The fraction of sp³-hybridized carbons (Fsp3) is 0.444. The van der Waals surface area contributed by atoms with Gasteiger partial charge in [-0.25, -0.2) is 4.98 Å². The molecule has 0 unspecified atom stereocenters. The molecule has 5 heteroatoms. The number of aromatic nitrogens is 1. The molecule has 0 spiro atoms. The first kappa shape index (κ1) is 17.2. The number of allylic oxidation sites excluding steroid dienone is 2. The maximum absolute atomic E-state index is 8.58. The van der Waals surface area contributed by atoms with Crippen LogP contribution in [-0.4, -0.2) is 42.2 Å². The van der Waals surface area contributed by atoms with Gasteiger partial charge in [0.15, 0.2) is 0 Å². The molecule has 1 aliphatic carbocycles. The number of rotatable bonds is 7. The number of hydrogen-bond acceptors (Lipinski definition) is 5. The molecule has 1 aromatic heterocycles. The van der Waals surface area contributed by atoms with Gasteiger partial charge in [0.1, 0.15) is 12.3 Å². The maximum atomic E-state index is 8.58. The number of aliphatic hydroxyl groups is 1. The van der Waals surface area contributed by atoms with E-state index in [0.29, 0.717) is 19.8 Å². The second kappa shape index (κ2) is 10.5. The molecule has 0 saturated carbocycles. The highest BCUT2D eigenvalue weighted by molar-refractivity contribution is 5.96. The van der Waals surface area contributed by atoms with Gasteiger partial charge in [0.2, 0.25) is 0 Å². The summed E-state index contributed by atoms with van der Waals surface area (Å²) in [6, 6.07) is 5.70. The summed E-state index contributed by atoms with van der Waals surface area (Å²) in [6.07, 6.45) is 7.41. The van der Waals surface area contributed by atoms with Crippen molar-refractivity contribution in [3.63, 3.8) is 0 Å². The Balaban J connectivity index is 1.79. The van der Waals surface area contributed by atoms with Gasteiger partial charge in [0, 0.05) is 18.2 Å². The van der Waals surface area contributed by atoms with Crippen molar-refractivity contribution in [2.45, 2.75) is 25.7 Å². The molecule has 0 amide bonds. The molecule has 1 N–H and O–H groups in total. The lowest BCUT2D eigenvalue weighted by molar-refractivity contribution is 0.0656. The molecule has 1 heterocycles. The van der Waals surface area contributed by atoms with Crippen molar-refractivity contribution in [3.8, 4) is 11.8 Å². The molecule has 1 aliphatic rings. The lowest BCUT2D eigenvalue weighted by Crippen LogP contribution is -2.06. The Morgan fingerprint density at radius 3 is 2.96 bits per heavy atom. The molecule has 0 aromatic carbocycles. The van der Waals surface area contributed by atoms with Crippen LogP contribution < -0.4 is 0 Å². The molecule has 0 bridgehead atoms. The fourth-order valence-corrected chi connectivity index (χ4v) is 2.08.